The Kier molecular flexibility index (Phi) is 3.85. The van der Waals surface area contributed by atoms with Gasteiger partial charge in [0, 0.05) is 24.8 Å². The van der Waals surface area contributed by atoms with E-state index in [2.05, 4.69) is 10.3 Å². The second kappa shape index (κ2) is 5.95. The van der Waals surface area contributed by atoms with Crippen LogP contribution in [0.1, 0.15) is 29.2 Å². The van der Waals surface area contributed by atoms with E-state index in [1.54, 1.807) is 19.4 Å². The van der Waals surface area contributed by atoms with Gasteiger partial charge < -0.3 is 9.64 Å². The highest BCUT2D eigenvalue weighted by atomic mass is 16.5. The van der Waals surface area contributed by atoms with Crippen LogP contribution in [-0.2, 0) is 0 Å². The number of rotatable bonds is 3. The third-order valence-corrected chi connectivity index (χ3v) is 3.88. The second-order valence-electron chi connectivity index (χ2n) is 5.14. The molecule has 1 amide bonds. The van der Waals surface area contributed by atoms with Crippen molar-refractivity contribution in [3.8, 4) is 5.75 Å². The predicted molar refractivity (Wildman–Crippen MR) is 77.2 cm³/mol. The van der Waals surface area contributed by atoms with Crippen molar-refractivity contribution in [1.29, 1.82) is 0 Å². The molecule has 0 radical (unpaired) electrons. The van der Waals surface area contributed by atoms with Crippen LogP contribution in [0.3, 0.4) is 0 Å². The summed E-state index contributed by atoms with van der Waals surface area (Å²) in [5.74, 6) is 0.768. The molecule has 2 heterocycles. The minimum atomic E-state index is 0.0611. The smallest absolute Gasteiger partial charge is 0.253 e. The second-order valence-corrected chi connectivity index (χ2v) is 5.14. The summed E-state index contributed by atoms with van der Waals surface area (Å²) in [4.78, 5) is 14.4. The van der Waals surface area contributed by atoms with E-state index in [1.807, 2.05) is 34.0 Å². The van der Waals surface area contributed by atoms with Gasteiger partial charge in [-0.3, -0.25) is 4.79 Å². The Morgan fingerprint density at radius 3 is 2.81 bits per heavy atom. The van der Waals surface area contributed by atoms with Gasteiger partial charge in [0.15, 0.2) is 0 Å². The van der Waals surface area contributed by atoms with Crippen molar-refractivity contribution in [1.82, 2.24) is 19.9 Å². The predicted octanol–water partition coefficient (Wildman–Crippen LogP) is 1.76. The van der Waals surface area contributed by atoms with E-state index in [0.717, 1.165) is 25.9 Å². The first kappa shape index (κ1) is 13.6. The summed E-state index contributed by atoms with van der Waals surface area (Å²) in [5, 5.41) is 7.87. The molecular weight excluding hydrogens is 268 g/mol. The number of hydrogen-bond acceptors (Lipinski definition) is 4. The number of amides is 1. The number of carbonyl (C=O) groups excluding carboxylic acids is 1. The Bertz CT molecular complexity index is 604. The van der Waals surface area contributed by atoms with Gasteiger partial charge in [0.05, 0.1) is 19.3 Å². The van der Waals surface area contributed by atoms with Crippen molar-refractivity contribution < 1.29 is 9.53 Å². The zero-order chi connectivity index (χ0) is 14.7. The van der Waals surface area contributed by atoms with Gasteiger partial charge in [-0.1, -0.05) is 11.3 Å². The highest BCUT2D eigenvalue weighted by molar-refractivity contribution is 5.94. The number of nitrogens with zero attached hydrogens (tertiary/aromatic N) is 4. The molecular formula is C15H18N4O2. The summed E-state index contributed by atoms with van der Waals surface area (Å²) in [5.41, 5.74) is 0.675. The summed E-state index contributed by atoms with van der Waals surface area (Å²) in [6, 6.07) is 7.63. The number of aromatic nitrogens is 3. The fraction of sp³-hybridized carbons (Fsp3) is 0.400. The van der Waals surface area contributed by atoms with Crippen LogP contribution >= 0.6 is 0 Å². The summed E-state index contributed by atoms with van der Waals surface area (Å²) < 4.78 is 7.05. The van der Waals surface area contributed by atoms with E-state index in [-0.39, 0.29) is 5.91 Å². The fourth-order valence-electron chi connectivity index (χ4n) is 2.68. The molecule has 110 valence electrons. The number of piperidine rings is 1. The summed E-state index contributed by atoms with van der Waals surface area (Å²) in [6.07, 6.45) is 5.37. The molecule has 0 unspecified atom stereocenters. The molecule has 0 bridgehead atoms. The highest BCUT2D eigenvalue weighted by Gasteiger charge is 2.25. The first-order chi connectivity index (χ1) is 10.3. The van der Waals surface area contributed by atoms with E-state index in [9.17, 15) is 4.79 Å². The zero-order valence-electron chi connectivity index (χ0n) is 12.0. The molecule has 0 N–H and O–H groups in total. The minimum absolute atomic E-state index is 0.0611. The van der Waals surface area contributed by atoms with Crippen LogP contribution in [0.4, 0.5) is 0 Å². The van der Waals surface area contributed by atoms with E-state index in [4.69, 9.17) is 4.74 Å². The summed E-state index contributed by atoms with van der Waals surface area (Å²) >= 11 is 0. The average Bonchev–Trinajstić information content (AvgIpc) is 3.09. The quantitative estimate of drug-likeness (QED) is 0.862. The first-order valence-electron chi connectivity index (χ1n) is 7.07. The van der Waals surface area contributed by atoms with Gasteiger partial charge >= 0.3 is 0 Å². The van der Waals surface area contributed by atoms with Gasteiger partial charge in [-0.05, 0) is 31.0 Å². The van der Waals surface area contributed by atoms with E-state index >= 15 is 0 Å². The van der Waals surface area contributed by atoms with Crippen LogP contribution in [0.15, 0.2) is 36.7 Å². The maximum Gasteiger partial charge on any atom is 0.253 e. The molecule has 3 rings (SSSR count). The van der Waals surface area contributed by atoms with Gasteiger partial charge in [-0.15, -0.1) is 5.10 Å². The van der Waals surface area contributed by atoms with Crippen LogP contribution in [-0.4, -0.2) is 46.0 Å². The number of methoxy groups -OCH3 is 1. The summed E-state index contributed by atoms with van der Waals surface area (Å²) in [6.45, 7) is 1.47. The number of carbonyl (C=O) groups is 1. The van der Waals surface area contributed by atoms with Crippen molar-refractivity contribution >= 4 is 5.91 Å². The van der Waals surface area contributed by atoms with Crippen LogP contribution in [0.2, 0.25) is 0 Å². The Morgan fingerprint density at radius 1 is 1.33 bits per heavy atom. The van der Waals surface area contributed by atoms with Gasteiger partial charge in [-0.2, -0.15) is 0 Å². The van der Waals surface area contributed by atoms with Crippen LogP contribution in [0.25, 0.3) is 0 Å². The third kappa shape index (κ3) is 2.89. The topological polar surface area (TPSA) is 60.2 Å². The highest BCUT2D eigenvalue weighted by Crippen LogP contribution is 2.23. The fourth-order valence-corrected chi connectivity index (χ4v) is 2.68. The normalized spacial score (nSPS) is 16.0. The number of likely N-dealkylation sites (tertiary alicyclic amines) is 1. The molecule has 21 heavy (non-hydrogen) atoms. The molecule has 0 saturated carbocycles. The maximum atomic E-state index is 12.5. The van der Waals surface area contributed by atoms with E-state index in [0.29, 0.717) is 17.4 Å². The molecule has 6 heteroatoms. The molecule has 1 saturated heterocycles. The Labute approximate surface area is 123 Å². The lowest BCUT2D eigenvalue weighted by Gasteiger charge is -2.31. The largest absolute Gasteiger partial charge is 0.497 e. The molecule has 1 aliphatic rings. The molecule has 0 aliphatic carbocycles. The van der Waals surface area contributed by atoms with Crippen LogP contribution in [0, 0.1) is 0 Å². The maximum absolute atomic E-state index is 12.5. The number of ether oxygens (including phenoxy) is 1. The lowest BCUT2D eigenvalue weighted by atomic mass is 10.0. The SMILES string of the molecule is COc1cccc(C(=O)N2CCC(n3ccnn3)CC2)c1. The zero-order valence-corrected chi connectivity index (χ0v) is 12.0. The van der Waals surface area contributed by atoms with Crippen molar-refractivity contribution in [2.24, 2.45) is 0 Å². The first-order valence-corrected chi connectivity index (χ1v) is 7.07. The van der Waals surface area contributed by atoms with Crippen LogP contribution < -0.4 is 4.74 Å². The Hall–Kier alpha value is -2.37. The molecule has 0 atom stereocenters. The minimum Gasteiger partial charge on any atom is -0.497 e. The summed E-state index contributed by atoms with van der Waals surface area (Å²) in [7, 11) is 1.60. The van der Waals surface area contributed by atoms with E-state index in [1.165, 1.54) is 0 Å². The number of benzene rings is 1. The molecule has 1 aliphatic heterocycles. The molecule has 2 aromatic rings. The Balaban J connectivity index is 1.64. The average molecular weight is 286 g/mol. The van der Waals surface area contributed by atoms with Gasteiger partial charge in [-0.25, -0.2) is 4.68 Å². The Morgan fingerprint density at radius 2 is 2.14 bits per heavy atom. The van der Waals surface area contributed by atoms with Crippen molar-refractivity contribution in [2.75, 3.05) is 20.2 Å². The van der Waals surface area contributed by atoms with Crippen molar-refractivity contribution in [3.63, 3.8) is 0 Å². The monoisotopic (exact) mass is 286 g/mol. The lowest BCUT2D eigenvalue weighted by Crippen LogP contribution is -2.39. The van der Waals surface area contributed by atoms with Gasteiger partial charge in [0.1, 0.15) is 5.75 Å². The van der Waals surface area contributed by atoms with Crippen LogP contribution in [0.5, 0.6) is 5.75 Å². The van der Waals surface area contributed by atoms with Crippen molar-refractivity contribution in [2.45, 2.75) is 18.9 Å². The molecule has 0 spiro atoms. The third-order valence-electron chi connectivity index (χ3n) is 3.88. The molecule has 1 fully saturated rings. The molecule has 1 aromatic carbocycles. The van der Waals surface area contributed by atoms with E-state index < -0.39 is 0 Å². The number of hydrogen-bond donors (Lipinski definition) is 0. The molecule has 6 nitrogen and oxygen atoms in total. The lowest BCUT2D eigenvalue weighted by molar-refractivity contribution is 0.0689. The van der Waals surface area contributed by atoms with Crippen molar-refractivity contribution in [3.05, 3.63) is 42.2 Å². The molecule has 1 aromatic heterocycles. The standard InChI is InChI=1S/C15H18N4O2/c1-21-14-4-2-3-12(11-14)15(20)18-8-5-13(6-9-18)19-10-7-16-17-19/h2-4,7,10-11,13H,5-6,8-9H2,1H3. The van der Waals surface area contributed by atoms with Gasteiger partial charge in [0.25, 0.3) is 5.91 Å². The van der Waals surface area contributed by atoms with Gasteiger partial charge in [0.2, 0.25) is 0 Å².